The zero-order valence-corrected chi connectivity index (χ0v) is 13.5. The summed E-state index contributed by atoms with van der Waals surface area (Å²) in [6, 6.07) is 10.1. The van der Waals surface area contributed by atoms with E-state index in [4.69, 9.17) is 9.47 Å². The molecule has 2 atom stereocenters. The lowest BCUT2D eigenvalue weighted by molar-refractivity contribution is -0.125. The molecular weight excluding hydrogens is 290 g/mol. The Balaban J connectivity index is 1.50. The van der Waals surface area contributed by atoms with Gasteiger partial charge in [-0.25, -0.2) is 0 Å². The number of carbonyl (C=O) groups is 1. The lowest BCUT2D eigenvalue weighted by Crippen LogP contribution is -2.50. The Labute approximate surface area is 137 Å². The van der Waals surface area contributed by atoms with Crippen molar-refractivity contribution in [1.29, 1.82) is 0 Å². The van der Waals surface area contributed by atoms with Gasteiger partial charge in [0, 0.05) is 13.0 Å². The average Bonchev–Trinajstić information content (AvgIpc) is 3.08. The summed E-state index contributed by atoms with van der Waals surface area (Å²) >= 11 is 0. The minimum atomic E-state index is -0.0537. The summed E-state index contributed by atoms with van der Waals surface area (Å²) in [5.41, 5.74) is 2.42. The van der Waals surface area contributed by atoms with E-state index in [0.29, 0.717) is 26.2 Å². The molecule has 1 aliphatic heterocycles. The Hall–Kier alpha value is -1.65. The number of allylic oxidation sites excluding steroid dienone is 1. The second-order valence-electron chi connectivity index (χ2n) is 6.30. The van der Waals surface area contributed by atoms with Gasteiger partial charge in [0.25, 0.3) is 0 Å². The van der Waals surface area contributed by atoms with Crippen molar-refractivity contribution in [3.05, 3.63) is 47.5 Å². The first kappa shape index (κ1) is 16.2. The first-order chi connectivity index (χ1) is 11.3. The van der Waals surface area contributed by atoms with Gasteiger partial charge in [0.1, 0.15) is 0 Å². The standard InChI is InChI=1S/C19H25NO3/c21-19(12-15-6-4-5-7-15)20-17-14-22-11-10-18(17)23-13-16-8-2-1-3-9-16/h1-3,6,8-9,17-18H,4-5,7,10-14H2,(H,20,21)/t17-,18+/m1/s1. The fraction of sp³-hybridized carbons (Fsp3) is 0.526. The number of nitrogens with one attached hydrogen (secondary N) is 1. The van der Waals surface area contributed by atoms with Crippen LogP contribution in [0.25, 0.3) is 0 Å². The molecule has 23 heavy (non-hydrogen) atoms. The van der Waals surface area contributed by atoms with Crippen molar-refractivity contribution in [2.75, 3.05) is 13.2 Å². The van der Waals surface area contributed by atoms with Gasteiger partial charge >= 0.3 is 0 Å². The van der Waals surface area contributed by atoms with Gasteiger partial charge in [-0.15, -0.1) is 0 Å². The van der Waals surface area contributed by atoms with Gasteiger partial charge in [0.2, 0.25) is 5.91 Å². The third kappa shape index (κ3) is 4.91. The number of hydrogen-bond acceptors (Lipinski definition) is 3. The van der Waals surface area contributed by atoms with Gasteiger partial charge in [-0.2, -0.15) is 0 Å². The van der Waals surface area contributed by atoms with Crippen LogP contribution in [0, 0.1) is 0 Å². The highest BCUT2D eigenvalue weighted by Gasteiger charge is 2.28. The molecule has 1 saturated heterocycles. The topological polar surface area (TPSA) is 47.6 Å². The predicted octanol–water partition coefficient (Wildman–Crippen LogP) is 2.98. The van der Waals surface area contributed by atoms with Crippen molar-refractivity contribution in [1.82, 2.24) is 5.32 Å². The zero-order chi connectivity index (χ0) is 15.9. The molecule has 3 rings (SSSR count). The molecule has 0 aromatic heterocycles. The maximum Gasteiger partial charge on any atom is 0.224 e. The summed E-state index contributed by atoms with van der Waals surface area (Å²) in [6.45, 7) is 1.80. The van der Waals surface area contributed by atoms with Crippen LogP contribution in [-0.2, 0) is 20.9 Å². The highest BCUT2D eigenvalue weighted by molar-refractivity contribution is 5.79. The summed E-state index contributed by atoms with van der Waals surface area (Å²) in [6.07, 6.45) is 6.90. The molecule has 1 aromatic rings. The fourth-order valence-corrected chi connectivity index (χ4v) is 3.19. The van der Waals surface area contributed by atoms with Crippen LogP contribution in [0.3, 0.4) is 0 Å². The highest BCUT2D eigenvalue weighted by atomic mass is 16.5. The molecule has 1 N–H and O–H groups in total. The number of hydrogen-bond donors (Lipinski definition) is 1. The second kappa shape index (κ2) is 8.27. The lowest BCUT2D eigenvalue weighted by Gasteiger charge is -2.32. The Bertz CT molecular complexity index is 541. The quantitative estimate of drug-likeness (QED) is 0.821. The molecule has 2 aliphatic rings. The van der Waals surface area contributed by atoms with Crippen molar-refractivity contribution < 1.29 is 14.3 Å². The first-order valence-corrected chi connectivity index (χ1v) is 8.52. The number of benzene rings is 1. The van der Waals surface area contributed by atoms with Gasteiger partial charge in [-0.3, -0.25) is 4.79 Å². The molecule has 1 aromatic carbocycles. The molecule has 0 radical (unpaired) electrons. The van der Waals surface area contributed by atoms with E-state index in [1.807, 2.05) is 18.2 Å². The molecule has 1 heterocycles. The summed E-state index contributed by atoms with van der Waals surface area (Å²) < 4.78 is 11.6. The van der Waals surface area contributed by atoms with E-state index < -0.39 is 0 Å². The van der Waals surface area contributed by atoms with Crippen LogP contribution >= 0.6 is 0 Å². The predicted molar refractivity (Wildman–Crippen MR) is 88.9 cm³/mol. The van der Waals surface area contributed by atoms with Gasteiger partial charge < -0.3 is 14.8 Å². The smallest absolute Gasteiger partial charge is 0.224 e. The SMILES string of the molecule is O=C(CC1=CCCC1)N[C@@H]1COCC[C@@H]1OCc1ccccc1. The van der Waals surface area contributed by atoms with Gasteiger partial charge in [-0.1, -0.05) is 42.0 Å². The first-order valence-electron chi connectivity index (χ1n) is 8.52. The molecule has 0 saturated carbocycles. The van der Waals surface area contributed by atoms with Crippen LogP contribution in [0.2, 0.25) is 0 Å². The molecule has 1 fully saturated rings. The van der Waals surface area contributed by atoms with Gasteiger partial charge in [0.15, 0.2) is 0 Å². The third-order valence-corrected chi connectivity index (χ3v) is 4.47. The van der Waals surface area contributed by atoms with Crippen LogP contribution in [0.1, 0.15) is 37.7 Å². The van der Waals surface area contributed by atoms with E-state index in [2.05, 4.69) is 23.5 Å². The fourth-order valence-electron chi connectivity index (χ4n) is 3.19. The van der Waals surface area contributed by atoms with Crippen LogP contribution in [0.5, 0.6) is 0 Å². The molecular formula is C19H25NO3. The largest absolute Gasteiger partial charge is 0.379 e. The lowest BCUT2D eigenvalue weighted by atomic mass is 10.1. The Morgan fingerprint density at radius 1 is 1.30 bits per heavy atom. The summed E-state index contributed by atoms with van der Waals surface area (Å²) in [5.74, 6) is 0.0851. The number of ether oxygens (including phenoxy) is 2. The van der Waals surface area contributed by atoms with Gasteiger partial charge in [0.05, 0.1) is 25.4 Å². The van der Waals surface area contributed by atoms with Gasteiger partial charge in [-0.05, 0) is 31.2 Å². The molecule has 0 spiro atoms. The van der Waals surface area contributed by atoms with E-state index in [0.717, 1.165) is 24.8 Å². The monoisotopic (exact) mass is 315 g/mol. The Kier molecular flexibility index (Phi) is 5.83. The van der Waals surface area contributed by atoms with E-state index in [-0.39, 0.29) is 18.1 Å². The molecule has 4 heteroatoms. The molecule has 0 unspecified atom stereocenters. The number of amides is 1. The number of carbonyl (C=O) groups excluding carboxylic acids is 1. The van der Waals surface area contributed by atoms with E-state index in [1.54, 1.807) is 0 Å². The highest BCUT2D eigenvalue weighted by Crippen LogP contribution is 2.21. The minimum Gasteiger partial charge on any atom is -0.379 e. The number of rotatable bonds is 6. The normalized spacial score (nSPS) is 24.3. The van der Waals surface area contributed by atoms with Crippen molar-refractivity contribution in [3.63, 3.8) is 0 Å². The third-order valence-electron chi connectivity index (χ3n) is 4.47. The molecule has 4 nitrogen and oxygen atoms in total. The van der Waals surface area contributed by atoms with Crippen LogP contribution in [0.15, 0.2) is 42.0 Å². The average molecular weight is 315 g/mol. The van der Waals surface area contributed by atoms with Crippen molar-refractivity contribution in [2.45, 2.75) is 50.9 Å². The summed E-state index contributed by atoms with van der Waals surface area (Å²) in [5, 5.41) is 3.10. The van der Waals surface area contributed by atoms with Crippen molar-refractivity contribution in [3.8, 4) is 0 Å². The summed E-state index contributed by atoms with van der Waals surface area (Å²) in [7, 11) is 0. The summed E-state index contributed by atoms with van der Waals surface area (Å²) in [4.78, 5) is 12.2. The van der Waals surface area contributed by atoms with E-state index in [9.17, 15) is 4.79 Å². The Morgan fingerprint density at radius 3 is 2.96 bits per heavy atom. The Morgan fingerprint density at radius 2 is 2.17 bits per heavy atom. The van der Waals surface area contributed by atoms with Crippen LogP contribution in [0.4, 0.5) is 0 Å². The molecule has 0 bridgehead atoms. The molecule has 124 valence electrons. The molecule has 1 aliphatic carbocycles. The maximum absolute atomic E-state index is 12.2. The van der Waals surface area contributed by atoms with Crippen LogP contribution in [-0.4, -0.2) is 31.3 Å². The van der Waals surface area contributed by atoms with Crippen molar-refractivity contribution >= 4 is 5.91 Å². The second-order valence-corrected chi connectivity index (χ2v) is 6.30. The van der Waals surface area contributed by atoms with Crippen LogP contribution < -0.4 is 5.32 Å². The minimum absolute atomic E-state index is 0.0189. The molecule has 1 amide bonds. The van der Waals surface area contributed by atoms with Crippen molar-refractivity contribution in [2.24, 2.45) is 0 Å². The zero-order valence-electron chi connectivity index (χ0n) is 13.5. The van der Waals surface area contributed by atoms with E-state index in [1.165, 1.54) is 12.0 Å². The van der Waals surface area contributed by atoms with E-state index >= 15 is 0 Å². The maximum atomic E-state index is 12.2.